The number of nitrogens with one attached hydrogen (secondary N) is 1. The molecule has 3 saturated heterocycles. The molecule has 0 unspecified atom stereocenters. The Labute approximate surface area is 203 Å². The Morgan fingerprint density at radius 2 is 1.68 bits per heavy atom. The van der Waals surface area contributed by atoms with E-state index >= 15 is 0 Å². The maximum atomic E-state index is 13.2. The number of likely N-dealkylation sites (tertiary alicyclic amines) is 1. The predicted molar refractivity (Wildman–Crippen MR) is 135 cm³/mol. The average Bonchev–Trinajstić information content (AvgIpc) is 3.34. The number of benzene rings is 1. The zero-order chi connectivity index (χ0) is 20.8. The van der Waals surface area contributed by atoms with Crippen LogP contribution in [0.4, 0.5) is 10.1 Å². The van der Waals surface area contributed by atoms with Gasteiger partial charge in [0.05, 0.1) is 6.54 Å². The van der Waals surface area contributed by atoms with Crippen molar-refractivity contribution in [3.8, 4) is 0 Å². The lowest BCUT2D eigenvalue weighted by atomic mass is 9.88. The first kappa shape index (κ1) is 24.5. The second kappa shape index (κ2) is 11.7. The van der Waals surface area contributed by atoms with Gasteiger partial charge < -0.3 is 19.9 Å². The SMILES string of the molecule is CCNC(=NCC1(N2CCCC2)CCOCC1)N1CCN(c2ccc(F)cc2)CC1.I. The molecular formula is C23H37FIN5O. The lowest BCUT2D eigenvalue weighted by Crippen LogP contribution is -2.55. The summed E-state index contributed by atoms with van der Waals surface area (Å²) < 4.78 is 18.9. The Hall–Kier alpha value is -1.13. The quantitative estimate of drug-likeness (QED) is 0.350. The molecule has 31 heavy (non-hydrogen) atoms. The second-order valence-electron chi connectivity index (χ2n) is 8.65. The van der Waals surface area contributed by atoms with Crippen molar-refractivity contribution in [1.82, 2.24) is 15.1 Å². The van der Waals surface area contributed by atoms with Crippen molar-refractivity contribution in [1.29, 1.82) is 0 Å². The summed E-state index contributed by atoms with van der Waals surface area (Å²) in [5.74, 6) is 0.848. The van der Waals surface area contributed by atoms with Gasteiger partial charge in [0.2, 0.25) is 0 Å². The number of hydrogen-bond donors (Lipinski definition) is 1. The molecule has 3 heterocycles. The van der Waals surface area contributed by atoms with Gasteiger partial charge in [-0.1, -0.05) is 0 Å². The van der Waals surface area contributed by atoms with Crippen molar-refractivity contribution in [2.75, 3.05) is 70.5 Å². The molecule has 0 saturated carbocycles. The minimum atomic E-state index is -0.181. The molecule has 0 radical (unpaired) electrons. The van der Waals surface area contributed by atoms with E-state index in [1.54, 1.807) is 12.1 Å². The highest BCUT2D eigenvalue weighted by atomic mass is 127. The Morgan fingerprint density at radius 3 is 2.29 bits per heavy atom. The molecule has 1 N–H and O–H groups in total. The maximum Gasteiger partial charge on any atom is 0.194 e. The van der Waals surface area contributed by atoms with Crippen molar-refractivity contribution in [2.45, 2.75) is 38.1 Å². The van der Waals surface area contributed by atoms with Crippen molar-refractivity contribution >= 4 is 35.6 Å². The number of nitrogens with zero attached hydrogens (tertiary/aromatic N) is 4. The van der Waals surface area contributed by atoms with Crippen molar-refractivity contribution in [3.05, 3.63) is 30.1 Å². The number of ether oxygens (including phenoxy) is 1. The molecule has 0 amide bonds. The summed E-state index contributed by atoms with van der Waals surface area (Å²) in [6.45, 7) is 11.6. The highest BCUT2D eigenvalue weighted by molar-refractivity contribution is 14.0. The number of aliphatic imine (C=N–C) groups is 1. The Bertz CT molecular complexity index is 696. The second-order valence-corrected chi connectivity index (χ2v) is 8.65. The molecule has 0 aromatic heterocycles. The third kappa shape index (κ3) is 6.01. The number of anilines is 1. The van der Waals surface area contributed by atoms with Crippen LogP contribution in [0.15, 0.2) is 29.3 Å². The molecule has 6 nitrogen and oxygen atoms in total. The topological polar surface area (TPSA) is 43.3 Å². The zero-order valence-corrected chi connectivity index (χ0v) is 21.0. The van der Waals surface area contributed by atoms with E-state index in [1.807, 2.05) is 12.1 Å². The smallest absolute Gasteiger partial charge is 0.194 e. The Balaban J connectivity index is 0.00000272. The van der Waals surface area contributed by atoms with Gasteiger partial charge in [-0.25, -0.2) is 4.39 Å². The van der Waals surface area contributed by atoms with E-state index in [1.165, 1.54) is 25.9 Å². The van der Waals surface area contributed by atoms with Gasteiger partial charge in [0.25, 0.3) is 0 Å². The van der Waals surface area contributed by atoms with Crippen molar-refractivity contribution in [2.24, 2.45) is 4.99 Å². The zero-order valence-electron chi connectivity index (χ0n) is 18.7. The Kier molecular flexibility index (Phi) is 9.21. The van der Waals surface area contributed by atoms with Gasteiger partial charge >= 0.3 is 0 Å². The van der Waals surface area contributed by atoms with Crippen LogP contribution in [0, 0.1) is 5.82 Å². The summed E-state index contributed by atoms with van der Waals surface area (Å²) in [4.78, 5) is 12.5. The summed E-state index contributed by atoms with van der Waals surface area (Å²) in [6.07, 6.45) is 4.76. The molecule has 3 fully saturated rings. The maximum absolute atomic E-state index is 13.2. The summed E-state index contributed by atoms with van der Waals surface area (Å²) in [6, 6.07) is 6.82. The number of halogens is 2. The van der Waals surface area contributed by atoms with Crippen LogP contribution < -0.4 is 10.2 Å². The highest BCUT2D eigenvalue weighted by Gasteiger charge is 2.39. The van der Waals surface area contributed by atoms with Gasteiger partial charge in [-0.2, -0.15) is 0 Å². The molecule has 3 aliphatic heterocycles. The van der Waals surface area contributed by atoms with E-state index in [9.17, 15) is 4.39 Å². The lowest BCUT2D eigenvalue weighted by Gasteiger charge is -2.44. The molecule has 4 rings (SSSR count). The van der Waals surface area contributed by atoms with Gasteiger partial charge in [-0.15, -0.1) is 24.0 Å². The van der Waals surface area contributed by atoms with Crippen LogP contribution in [0.1, 0.15) is 32.6 Å². The van der Waals surface area contributed by atoms with Crippen LogP contribution in [-0.4, -0.2) is 86.9 Å². The molecule has 0 spiro atoms. The number of hydrogen-bond acceptors (Lipinski definition) is 4. The summed E-state index contributed by atoms with van der Waals surface area (Å²) in [7, 11) is 0. The summed E-state index contributed by atoms with van der Waals surface area (Å²) >= 11 is 0. The van der Waals surface area contributed by atoms with Crippen molar-refractivity contribution in [3.63, 3.8) is 0 Å². The molecule has 8 heteroatoms. The van der Waals surface area contributed by atoms with Crippen molar-refractivity contribution < 1.29 is 9.13 Å². The fourth-order valence-electron chi connectivity index (χ4n) is 4.99. The third-order valence-corrected chi connectivity index (χ3v) is 6.83. The molecular weight excluding hydrogens is 508 g/mol. The van der Waals surface area contributed by atoms with E-state index in [0.29, 0.717) is 0 Å². The largest absolute Gasteiger partial charge is 0.381 e. The van der Waals surface area contributed by atoms with E-state index in [2.05, 4.69) is 26.9 Å². The van der Waals surface area contributed by atoms with Gasteiger partial charge in [0.15, 0.2) is 5.96 Å². The van der Waals surface area contributed by atoms with Gasteiger partial charge in [-0.3, -0.25) is 9.89 Å². The molecule has 0 bridgehead atoms. The average molecular weight is 545 g/mol. The van der Waals surface area contributed by atoms with Crippen LogP contribution in [0.2, 0.25) is 0 Å². The molecule has 0 atom stereocenters. The molecule has 0 aliphatic carbocycles. The molecule has 1 aromatic rings. The fourth-order valence-corrected chi connectivity index (χ4v) is 4.99. The van der Waals surface area contributed by atoms with Crippen LogP contribution >= 0.6 is 24.0 Å². The Morgan fingerprint density at radius 1 is 1.03 bits per heavy atom. The van der Waals surface area contributed by atoms with E-state index in [4.69, 9.17) is 9.73 Å². The predicted octanol–water partition coefficient (Wildman–Crippen LogP) is 3.18. The molecule has 174 valence electrons. The lowest BCUT2D eigenvalue weighted by molar-refractivity contribution is -0.0139. The standard InChI is InChI=1S/C23H36FN5O.HI/c1-2-25-22(26-19-23(9-17-30-18-10-23)29-11-3-4-12-29)28-15-13-27(14-16-28)21-7-5-20(24)6-8-21;/h5-8H,2-4,9-19H2,1H3,(H,25,26);1H. The first-order valence-corrected chi connectivity index (χ1v) is 11.6. The minimum Gasteiger partial charge on any atom is -0.381 e. The number of guanidine groups is 1. The van der Waals surface area contributed by atoms with Crippen LogP contribution in [0.25, 0.3) is 0 Å². The number of piperazine rings is 1. The van der Waals surface area contributed by atoms with Gasteiger partial charge in [0.1, 0.15) is 5.82 Å². The highest BCUT2D eigenvalue weighted by Crippen LogP contribution is 2.31. The first-order chi connectivity index (χ1) is 14.7. The van der Waals surface area contributed by atoms with Gasteiger partial charge in [-0.05, 0) is 70.0 Å². The molecule has 1 aromatic carbocycles. The monoisotopic (exact) mass is 545 g/mol. The minimum absolute atomic E-state index is 0. The normalized spacial score (nSPS) is 22.3. The fraction of sp³-hybridized carbons (Fsp3) is 0.696. The van der Waals surface area contributed by atoms with E-state index in [0.717, 1.165) is 77.0 Å². The molecule has 3 aliphatic rings. The van der Waals surface area contributed by atoms with Crippen LogP contribution in [0.3, 0.4) is 0 Å². The summed E-state index contributed by atoms with van der Waals surface area (Å²) in [5, 5.41) is 3.52. The van der Waals surface area contributed by atoms with E-state index < -0.39 is 0 Å². The van der Waals surface area contributed by atoms with Crippen LogP contribution in [-0.2, 0) is 4.74 Å². The first-order valence-electron chi connectivity index (χ1n) is 11.6. The van der Waals surface area contributed by atoms with E-state index in [-0.39, 0.29) is 35.3 Å². The summed E-state index contributed by atoms with van der Waals surface area (Å²) in [5.41, 5.74) is 1.25. The van der Waals surface area contributed by atoms with Crippen LogP contribution in [0.5, 0.6) is 0 Å². The number of rotatable bonds is 5. The van der Waals surface area contributed by atoms with Gasteiger partial charge in [0, 0.05) is 57.2 Å². The third-order valence-electron chi connectivity index (χ3n) is 6.83.